The van der Waals surface area contributed by atoms with Crippen molar-refractivity contribution in [3.8, 4) is 0 Å². The minimum Gasteiger partial charge on any atom is -0.324 e. The summed E-state index contributed by atoms with van der Waals surface area (Å²) in [6.07, 6.45) is 0. The van der Waals surface area contributed by atoms with Crippen LogP contribution in [-0.2, 0) is 19.9 Å². The van der Waals surface area contributed by atoms with E-state index in [9.17, 15) is 14.4 Å². The van der Waals surface area contributed by atoms with Crippen LogP contribution in [0, 0.1) is 17.8 Å². The Hall–Kier alpha value is -2.51. The topological polar surface area (TPSA) is 78.5 Å². The van der Waals surface area contributed by atoms with E-state index in [0.717, 1.165) is 10.0 Å². The predicted molar refractivity (Wildman–Crippen MR) is 112 cm³/mol. The third-order valence-corrected chi connectivity index (χ3v) is 6.89. The van der Waals surface area contributed by atoms with Crippen LogP contribution in [0.15, 0.2) is 53.0 Å². The van der Waals surface area contributed by atoms with Crippen LogP contribution in [0.3, 0.4) is 0 Å². The van der Waals surface area contributed by atoms with Crippen LogP contribution in [0.4, 0.5) is 11.4 Å². The molecule has 7 heteroatoms. The van der Waals surface area contributed by atoms with Gasteiger partial charge in [-0.15, -0.1) is 0 Å². The highest BCUT2D eigenvalue weighted by Gasteiger charge is 2.70. The second-order valence-corrected chi connectivity index (χ2v) is 9.13. The van der Waals surface area contributed by atoms with Gasteiger partial charge in [-0.3, -0.25) is 19.7 Å². The van der Waals surface area contributed by atoms with Crippen molar-refractivity contribution in [1.29, 1.82) is 0 Å². The molecule has 6 nitrogen and oxygen atoms in total. The summed E-state index contributed by atoms with van der Waals surface area (Å²) in [6.45, 7) is 4.01. The average molecular weight is 454 g/mol. The summed E-state index contributed by atoms with van der Waals surface area (Å²) in [6, 6.07) is 14.2. The molecule has 3 aliphatic rings. The zero-order chi connectivity index (χ0) is 20.5. The summed E-state index contributed by atoms with van der Waals surface area (Å²) >= 11 is 3.38. The standard InChI is InChI=1S/C22H20BrN3O3/c1-11(2)18-16-17(20(28)26(19(16)27)13-9-7-12(23)8-10-13)22(25-18)14-5-3-4-6-15(14)24-21(22)29/h3-11,16-18,25H,1-2H3,(H,24,29)/t16-,17+,18+,22+/m1/s1. The Morgan fingerprint density at radius 3 is 2.38 bits per heavy atom. The lowest BCUT2D eigenvalue weighted by atomic mass is 9.76. The van der Waals surface area contributed by atoms with E-state index in [1.807, 2.05) is 38.1 Å². The van der Waals surface area contributed by atoms with Crippen molar-refractivity contribution >= 4 is 45.0 Å². The molecular weight excluding hydrogens is 434 g/mol. The van der Waals surface area contributed by atoms with Crippen LogP contribution < -0.4 is 15.5 Å². The highest BCUT2D eigenvalue weighted by atomic mass is 79.9. The summed E-state index contributed by atoms with van der Waals surface area (Å²) in [7, 11) is 0. The zero-order valence-electron chi connectivity index (χ0n) is 16.0. The molecule has 4 atom stereocenters. The summed E-state index contributed by atoms with van der Waals surface area (Å²) in [5, 5.41) is 6.34. The molecule has 2 N–H and O–H groups in total. The van der Waals surface area contributed by atoms with Gasteiger partial charge in [0.15, 0.2) is 0 Å². The van der Waals surface area contributed by atoms with Crippen molar-refractivity contribution < 1.29 is 14.4 Å². The van der Waals surface area contributed by atoms with Crippen molar-refractivity contribution in [1.82, 2.24) is 5.32 Å². The van der Waals surface area contributed by atoms with E-state index in [1.54, 1.807) is 24.3 Å². The van der Waals surface area contributed by atoms with Gasteiger partial charge in [0.2, 0.25) is 17.7 Å². The Morgan fingerprint density at radius 1 is 1.00 bits per heavy atom. The molecule has 1 spiro atoms. The molecule has 0 aromatic heterocycles. The summed E-state index contributed by atoms with van der Waals surface area (Å²) < 4.78 is 0.864. The van der Waals surface area contributed by atoms with E-state index < -0.39 is 17.4 Å². The van der Waals surface area contributed by atoms with Crippen molar-refractivity contribution in [2.75, 3.05) is 10.2 Å². The van der Waals surface area contributed by atoms with E-state index in [1.165, 1.54) is 4.90 Å². The Morgan fingerprint density at radius 2 is 1.69 bits per heavy atom. The summed E-state index contributed by atoms with van der Waals surface area (Å²) in [5.74, 6) is -2.15. The Bertz CT molecular complexity index is 1050. The third kappa shape index (κ3) is 2.34. The lowest BCUT2D eigenvalue weighted by Gasteiger charge is -2.30. The number of halogens is 1. The maximum Gasteiger partial charge on any atom is 0.250 e. The molecule has 2 aromatic rings. The Labute approximate surface area is 176 Å². The molecule has 3 heterocycles. The van der Waals surface area contributed by atoms with E-state index in [4.69, 9.17) is 0 Å². The van der Waals surface area contributed by atoms with Crippen LogP contribution in [0.1, 0.15) is 19.4 Å². The van der Waals surface area contributed by atoms with Crippen LogP contribution >= 0.6 is 15.9 Å². The lowest BCUT2D eigenvalue weighted by molar-refractivity contribution is -0.130. The molecule has 0 saturated carbocycles. The van der Waals surface area contributed by atoms with E-state index in [0.29, 0.717) is 11.4 Å². The monoisotopic (exact) mass is 453 g/mol. The first-order valence-electron chi connectivity index (χ1n) is 9.68. The number of para-hydroxylation sites is 1. The van der Waals surface area contributed by atoms with Gasteiger partial charge >= 0.3 is 0 Å². The Balaban J connectivity index is 1.68. The fourth-order valence-corrected chi connectivity index (χ4v) is 5.37. The number of imide groups is 1. The summed E-state index contributed by atoms with van der Waals surface area (Å²) in [4.78, 5) is 41.6. The van der Waals surface area contributed by atoms with E-state index in [-0.39, 0.29) is 29.7 Å². The molecule has 3 aliphatic heterocycles. The van der Waals surface area contributed by atoms with Crippen LogP contribution in [0.5, 0.6) is 0 Å². The normalized spacial score (nSPS) is 30.3. The number of hydrogen-bond donors (Lipinski definition) is 2. The molecule has 0 aliphatic carbocycles. The number of nitrogens with one attached hydrogen (secondary N) is 2. The third-order valence-electron chi connectivity index (χ3n) is 6.36. The molecule has 0 bridgehead atoms. The van der Waals surface area contributed by atoms with Crippen LogP contribution in [0.25, 0.3) is 0 Å². The van der Waals surface area contributed by atoms with Gasteiger partial charge < -0.3 is 5.32 Å². The summed E-state index contributed by atoms with van der Waals surface area (Å²) in [5.41, 5.74) is 0.729. The molecule has 3 amide bonds. The quantitative estimate of drug-likeness (QED) is 0.684. The number of benzene rings is 2. The average Bonchev–Trinajstić information content (AvgIpc) is 3.28. The molecule has 148 valence electrons. The number of anilines is 2. The van der Waals surface area contributed by atoms with Gasteiger partial charge in [0.25, 0.3) is 0 Å². The van der Waals surface area contributed by atoms with Crippen molar-refractivity contribution in [2.24, 2.45) is 17.8 Å². The molecule has 0 radical (unpaired) electrons. The van der Waals surface area contributed by atoms with Gasteiger partial charge in [0.05, 0.1) is 17.5 Å². The second kappa shape index (κ2) is 6.24. The Kier molecular flexibility index (Phi) is 3.98. The predicted octanol–water partition coefficient (Wildman–Crippen LogP) is 3.03. The molecule has 0 unspecified atom stereocenters. The first kappa shape index (κ1) is 18.5. The molecule has 29 heavy (non-hydrogen) atoms. The number of rotatable bonds is 2. The van der Waals surface area contributed by atoms with Gasteiger partial charge in [-0.1, -0.05) is 48.0 Å². The highest BCUT2D eigenvalue weighted by molar-refractivity contribution is 9.10. The number of amides is 3. The van der Waals surface area contributed by atoms with Crippen LogP contribution in [-0.4, -0.2) is 23.8 Å². The first-order chi connectivity index (χ1) is 13.9. The van der Waals surface area contributed by atoms with Gasteiger partial charge in [0, 0.05) is 21.8 Å². The highest BCUT2D eigenvalue weighted by Crippen LogP contribution is 2.54. The van der Waals surface area contributed by atoms with Crippen LogP contribution in [0.2, 0.25) is 0 Å². The van der Waals surface area contributed by atoms with Crippen molar-refractivity contribution in [2.45, 2.75) is 25.4 Å². The molecule has 2 fully saturated rings. The molecule has 2 aromatic carbocycles. The van der Waals surface area contributed by atoms with Gasteiger partial charge in [-0.25, -0.2) is 4.90 Å². The maximum absolute atomic E-state index is 13.6. The smallest absolute Gasteiger partial charge is 0.250 e. The van der Waals surface area contributed by atoms with Crippen molar-refractivity contribution in [3.63, 3.8) is 0 Å². The molecule has 2 saturated heterocycles. The number of carbonyl (C=O) groups excluding carboxylic acids is 3. The minimum atomic E-state index is -1.23. The fraction of sp³-hybridized carbons (Fsp3) is 0.318. The maximum atomic E-state index is 13.6. The van der Waals surface area contributed by atoms with E-state index in [2.05, 4.69) is 26.6 Å². The van der Waals surface area contributed by atoms with Gasteiger partial charge in [-0.2, -0.15) is 0 Å². The number of hydrogen-bond acceptors (Lipinski definition) is 4. The van der Waals surface area contributed by atoms with E-state index >= 15 is 0 Å². The SMILES string of the molecule is CC(C)[C@@H]1N[C@]2(C(=O)Nc3ccccc32)[C@@H]2C(=O)N(c3ccc(Br)cc3)C(=O)[C@H]21. The second-order valence-electron chi connectivity index (χ2n) is 8.21. The lowest BCUT2D eigenvalue weighted by Crippen LogP contribution is -2.54. The first-order valence-corrected chi connectivity index (χ1v) is 10.5. The zero-order valence-corrected chi connectivity index (χ0v) is 17.6. The molecule has 5 rings (SSSR count). The van der Waals surface area contributed by atoms with Gasteiger partial charge in [0.1, 0.15) is 5.54 Å². The minimum absolute atomic E-state index is 0.0732. The number of carbonyl (C=O) groups is 3. The largest absolute Gasteiger partial charge is 0.324 e. The number of fused-ring (bicyclic) bond motifs is 4. The molecular formula is C22H20BrN3O3. The van der Waals surface area contributed by atoms with Crippen molar-refractivity contribution in [3.05, 3.63) is 58.6 Å². The fourth-order valence-electron chi connectivity index (χ4n) is 5.11. The van der Waals surface area contributed by atoms with Gasteiger partial charge in [-0.05, 0) is 36.2 Å². The number of nitrogens with zero attached hydrogens (tertiary/aromatic N) is 1.